The molecule has 18 heavy (non-hydrogen) atoms. The van der Waals surface area contributed by atoms with Crippen LogP contribution in [-0.4, -0.2) is 31.2 Å². The molecular weight excluding hydrogens is 228 g/mol. The molecule has 4 nitrogen and oxygen atoms in total. The van der Waals surface area contributed by atoms with Crippen molar-refractivity contribution in [3.63, 3.8) is 0 Å². The van der Waals surface area contributed by atoms with Gasteiger partial charge in [-0.25, -0.2) is 0 Å². The zero-order chi connectivity index (χ0) is 13.2. The first kappa shape index (κ1) is 13.1. The molecule has 1 amide bonds. The monoisotopic (exact) mass is 248 g/mol. The number of hydrogen-bond acceptors (Lipinski definition) is 3. The van der Waals surface area contributed by atoms with Gasteiger partial charge in [-0.3, -0.25) is 4.79 Å². The molecule has 0 spiro atoms. The third-order valence-electron chi connectivity index (χ3n) is 3.42. The van der Waals surface area contributed by atoms with Gasteiger partial charge in [0.05, 0.1) is 12.1 Å². The van der Waals surface area contributed by atoms with E-state index in [2.05, 4.69) is 0 Å². The summed E-state index contributed by atoms with van der Waals surface area (Å²) in [6.07, 6.45) is 0.753. The number of nitrogens with zero attached hydrogens (tertiary/aromatic N) is 1. The number of carbonyl (C=O) groups excluding carboxylic acids is 1. The van der Waals surface area contributed by atoms with Crippen molar-refractivity contribution in [2.24, 2.45) is 5.73 Å². The minimum Gasteiger partial charge on any atom is -0.364 e. The second-order valence-electron chi connectivity index (χ2n) is 5.04. The van der Waals surface area contributed by atoms with Crippen LogP contribution in [0.4, 0.5) is 5.69 Å². The van der Waals surface area contributed by atoms with E-state index in [0.29, 0.717) is 13.1 Å². The van der Waals surface area contributed by atoms with Gasteiger partial charge >= 0.3 is 0 Å². The fourth-order valence-corrected chi connectivity index (χ4v) is 2.32. The van der Waals surface area contributed by atoms with Crippen LogP contribution in [0, 0.1) is 6.92 Å². The fourth-order valence-electron chi connectivity index (χ4n) is 2.32. The van der Waals surface area contributed by atoms with Crippen LogP contribution in [0.25, 0.3) is 0 Å². The fraction of sp³-hybridized carbons (Fsp3) is 0.500. The summed E-state index contributed by atoms with van der Waals surface area (Å²) in [5.74, 6) is 0.0128. The number of amides is 1. The SMILES string of the molecule is Cc1ccccc1N1CC(C)(CCN)OCC1=O. The van der Waals surface area contributed by atoms with E-state index in [4.69, 9.17) is 10.5 Å². The minimum atomic E-state index is -0.342. The molecule has 1 unspecified atom stereocenters. The molecule has 1 saturated heterocycles. The summed E-state index contributed by atoms with van der Waals surface area (Å²) in [6.45, 7) is 5.28. The second kappa shape index (κ2) is 5.08. The molecule has 0 aliphatic carbocycles. The lowest BCUT2D eigenvalue weighted by molar-refractivity contribution is -0.137. The summed E-state index contributed by atoms with van der Waals surface area (Å²) in [7, 11) is 0. The molecule has 1 aromatic carbocycles. The van der Waals surface area contributed by atoms with Crippen molar-refractivity contribution in [3.05, 3.63) is 29.8 Å². The Morgan fingerprint density at radius 1 is 1.44 bits per heavy atom. The van der Waals surface area contributed by atoms with Gasteiger partial charge in [0.1, 0.15) is 6.61 Å². The highest BCUT2D eigenvalue weighted by Crippen LogP contribution is 2.28. The first-order valence-electron chi connectivity index (χ1n) is 6.26. The maximum Gasteiger partial charge on any atom is 0.253 e. The maximum atomic E-state index is 12.0. The van der Waals surface area contributed by atoms with Gasteiger partial charge in [0, 0.05) is 5.69 Å². The molecule has 1 heterocycles. The zero-order valence-electron chi connectivity index (χ0n) is 11.0. The summed E-state index contributed by atoms with van der Waals surface area (Å²) in [4.78, 5) is 13.8. The molecule has 1 atom stereocenters. The van der Waals surface area contributed by atoms with Crippen LogP contribution < -0.4 is 10.6 Å². The largest absolute Gasteiger partial charge is 0.364 e. The molecule has 4 heteroatoms. The Labute approximate surface area is 108 Å². The number of anilines is 1. The summed E-state index contributed by atoms with van der Waals surface area (Å²) >= 11 is 0. The van der Waals surface area contributed by atoms with Crippen molar-refractivity contribution in [1.29, 1.82) is 0 Å². The third kappa shape index (κ3) is 2.54. The topological polar surface area (TPSA) is 55.6 Å². The first-order valence-corrected chi connectivity index (χ1v) is 6.26. The molecule has 2 rings (SSSR count). The van der Waals surface area contributed by atoms with Crippen LogP contribution in [0.5, 0.6) is 0 Å². The molecule has 1 aliphatic heterocycles. The standard InChI is InChI=1S/C14H20N2O2/c1-11-5-3-4-6-12(11)16-10-14(2,7-8-15)18-9-13(16)17/h3-6H,7-10,15H2,1-2H3. The van der Waals surface area contributed by atoms with Gasteiger partial charge in [0.15, 0.2) is 0 Å². The lowest BCUT2D eigenvalue weighted by Crippen LogP contribution is -2.54. The lowest BCUT2D eigenvalue weighted by atomic mass is 9.98. The number of hydrogen-bond donors (Lipinski definition) is 1. The number of morpholine rings is 1. The summed E-state index contributed by atoms with van der Waals surface area (Å²) in [6, 6.07) is 7.91. The number of para-hydroxylation sites is 1. The van der Waals surface area contributed by atoms with E-state index in [0.717, 1.165) is 17.7 Å². The van der Waals surface area contributed by atoms with Gasteiger partial charge in [-0.2, -0.15) is 0 Å². The van der Waals surface area contributed by atoms with Gasteiger partial charge in [-0.1, -0.05) is 18.2 Å². The molecule has 0 bridgehead atoms. The van der Waals surface area contributed by atoms with E-state index in [9.17, 15) is 4.79 Å². The van der Waals surface area contributed by atoms with E-state index in [-0.39, 0.29) is 18.1 Å². The Hall–Kier alpha value is -1.39. The Morgan fingerprint density at radius 2 is 2.17 bits per heavy atom. The van der Waals surface area contributed by atoms with Gasteiger partial charge in [0.25, 0.3) is 5.91 Å². The predicted octanol–water partition coefficient (Wildman–Crippen LogP) is 1.47. The van der Waals surface area contributed by atoms with Gasteiger partial charge in [-0.05, 0) is 38.4 Å². The predicted molar refractivity (Wildman–Crippen MR) is 71.6 cm³/mol. The Morgan fingerprint density at radius 3 is 2.83 bits per heavy atom. The van der Waals surface area contributed by atoms with E-state index in [1.165, 1.54) is 0 Å². The second-order valence-corrected chi connectivity index (χ2v) is 5.04. The highest BCUT2D eigenvalue weighted by atomic mass is 16.5. The summed E-state index contributed by atoms with van der Waals surface area (Å²) < 4.78 is 5.64. The highest BCUT2D eigenvalue weighted by molar-refractivity contribution is 5.95. The normalized spacial score (nSPS) is 24.4. The zero-order valence-corrected chi connectivity index (χ0v) is 11.0. The van der Waals surface area contributed by atoms with E-state index < -0.39 is 0 Å². The number of carbonyl (C=O) groups is 1. The van der Waals surface area contributed by atoms with Crippen LogP contribution in [0.15, 0.2) is 24.3 Å². The van der Waals surface area contributed by atoms with Crippen LogP contribution in [0.2, 0.25) is 0 Å². The molecule has 98 valence electrons. The Balaban J connectivity index is 2.26. The quantitative estimate of drug-likeness (QED) is 0.881. The highest BCUT2D eigenvalue weighted by Gasteiger charge is 2.36. The number of nitrogens with two attached hydrogens (primary N) is 1. The molecule has 2 N–H and O–H groups in total. The lowest BCUT2D eigenvalue weighted by Gasteiger charge is -2.40. The maximum absolute atomic E-state index is 12.0. The van der Waals surface area contributed by atoms with Crippen LogP contribution >= 0.6 is 0 Å². The molecule has 1 aliphatic rings. The Kier molecular flexibility index (Phi) is 3.68. The van der Waals surface area contributed by atoms with Crippen molar-refractivity contribution in [3.8, 4) is 0 Å². The average Bonchev–Trinajstić information content (AvgIpc) is 2.34. The minimum absolute atomic E-state index is 0.0128. The van der Waals surface area contributed by atoms with Gasteiger partial charge in [-0.15, -0.1) is 0 Å². The van der Waals surface area contributed by atoms with Gasteiger partial charge < -0.3 is 15.4 Å². The van der Waals surface area contributed by atoms with E-state index in [1.54, 1.807) is 0 Å². The molecule has 0 radical (unpaired) electrons. The van der Waals surface area contributed by atoms with Crippen LogP contribution in [0.3, 0.4) is 0 Å². The summed E-state index contributed by atoms with van der Waals surface area (Å²) in [5.41, 5.74) is 7.33. The molecule has 0 aromatic heterocycles. The molecule has 1 aromatic rings. The van der Waals surface area contributed by atoms with Crippen molar-refractivity contribution >= 4 is 11.6 Å². The van der Waals surface area contributed by atoms with Gasteiger partial charge in [0.2, 0.25) is 0 Å². The third-order valence-corrected chi connectivity index (χ3v) is 3.42. The van der Waals surface area contributed by atoms with Crippen molar-refractivity contribution < 1.29 is 9.53 Å². The molecular formula is C14H20N2O2. The Bertz CT molecular complexity index is 447. The number of aryl methyl sites for hydroxylation is 1. The first-order chi connectivity index (χ1) is 8.56. The smallest absolute Gasteiger partial charge is 0.253 e. The van der Waals surface area contributed by atoms with E-state index in [1.807, 2.05) is 43.0 Å². The number of benzene rings is 1. The summed E-state index contributed by atoms with van der Waals surface area (Å²) in [5, 5.41) is 0. The number of ether oxygens (including phenoxy) is 1. The van der Waals surface area contributed by atoms with E-state index >= 15 is 0 Å². The molecule has 1 fully saturated rings. The molecule has 0 saturated carbocycles. The van der Waals surface area contributed by atoms with Crippen LogP contribution in [-0.2, 0) is 9.53 Å². The van der Waals surface area contributed by atoms with Crippen LogP contribution in [0.1, 0.15) is 18.9 Å². The number of rotatable bonds is 3. The van der Waals surface area contributed by atoms with Crippen molar-refractivity contribution in [1.82, 2.24) is 0 Å². The van der Waals surface area contributed by atoms with Crippen molar-refractivity contribution in [2.75, 3.05) is 24.6 Å². The van der Waals surface area contributed by atoms with Crippen molar-refractivity contribution in [2.45, 2.75) is 25.9 Å². The average molecular weight is 248 g/mol.